The van der Waals surface area contributed by atoms with E-state index in [1.165, 1.54) is 0 Å². The molecule has 0 fully saturated rings. The highest BCUT2D eigenvalue weighted by atomic mass is 35.5. The highest BCUT2D eigenvalue weighted by Gasteiger charge is 2.26. The SMILES string of the molecule is CC(C)(C)c1nn(-c2ccccc2)c(Cl)c1C#N. The molecular formula is C14H14ClN3. The topological polar surface area (TPSA) is 41.6 Å². The molecule has 0 unspecified atom stereocenters. The maximum absolute atomic E-state index is 9.24. The average Bonchev–Trinajstić information content (AvgIpc) is 2.67. The lowest BCUT2D eigenvalue weighted by Crippen LogP contribution is -2.14. The molecule has 0 saturated heterocycles. The second-order valence-corrected chi connectivity index (χ2v) is 5.48. The molecule has 0 N–H and O–H groups in total. The molecule has 0 atom stereocenters. The van der Waals surface area contributed by atoms with Gasteiger partial charge in [0.15, 0.2) is 5.15 Å². The zero-order valence-corrected chi connectivity index (χ0v) is 11.4. The first-order valence-electron chi connectivity index (χ1n) is 5.69. The second-order valence-electron chi connectivity index (χ2n) is 5.12. The molecule has 1 heterocycles. The lowest BCUT2D eigenvalue weighted by molar-refractivity contribution is 0.559. The van der Waals surface area contributed by atoms with Gasteiger partial charge in [-0.25, -0.2) is 4.68 Å². The summed E-state index contributed by atoms with van der Waals surface area (Å²) in [7, 11) is 0. The van der Waals surface area contributed by atoms with E-state index in [-0.39, 0.29) is 5.41 Å². The van der Waals surface area contributed by atoms with Crippen LogP contribution in [0.1, 0.15) is 32.0 Å². The molecule has 1 aromatic heterocycles. The van der Waals surface area contributed by atoms with Crippen LogP contribution in [-0.2, 0) is 5.41 Å². The van der Waals surface area contributed by atoms with E-state index in [0.717, 1.165) is 11.4 Å². The van der Waals surface area contributed by atoms with Crippen LogP contribution in [0.25, 0.3) is 5.69 Å². The van der Waals surface area contributed by atoms with Gasteiger partial charge in [-0.3, -0.25) is 0 Å². The van der Waals surface area contributed by atoms with E-state index in [4.69, 9.17) is 11.6 Å². The minimum atomic E-state index is -0.214. The Kier molecular flexibility index (Phi) is 3.14. The molecule has 0 saturated carbocycles. The molecule has 3 nitrogen and oxygen atoms in total. The van der Waals surface area contributed by atoms with Crippen LogP contribution in [0.5, 0.6) is 0 Å². The normalized spacial score (nSPS) is 11.3. The van der Waals surface area contributed by atoms with Gasteiger partial charge in [0.05, 0.1) is 11.4 Å². The number of para-hydroxylation sites is 1. The lowest BCUT2D eigenvalue weighted by Gasteiger charge is -2.15. The van der Waals surface area contributed by atoms with E-state index in [1.807, 2.05) is 51.1 Å². The molecule has 0 aliphatic rings. The highest BCUT2D eigenvalue weighted by molar-refractivity contribution is 6.31. The predicted octanol–water partition coefficient (Wildman–Crippen LogP) is 3.69. The van der Waals surface area contributed by atoms with Gasteiger partial charge in [-0.15, -0.1) is 0 Å². The lowest BCUT2D eigenvalue weighted by atomic mass is 9.90. The molecule has 0 aliphatic heterocycles. The van der Waals surface area contributed by atoms with Gasteiger partial charge in [-0.2, -0.15) is 10.4 Å². The van der Waals surface area contributed by atoms with Crippen molar-refractivity contribution in [3.05, 3.63) is 46.7 Å². The van der Waals surface area contributed by atoms with Crippen molar-refractivity contribution in [3.63, 3.8) is 0 Å². The zero-order chi connectivity index (χ0) is 13.3. The summed E-state index contributed by atoms with van der Waals surface area (Å²) in [6, 6.07) is 11.7. The maximum atomic E-state index is 9.24. The van der Waals surface area contributed by atoms with E-state index >= 15 is 0 Å². The fourth-order valence-electron chi connectivity index (χ4n) is 1.76. The molecule has 92 valence electrons. The number of rotatable bonds is 1. The Balaban J connectivity index is 2.66. The number of hydrogen-bond acceptors (Lipinski definition) is 2. The van der Waals surface area contributed by atoms with Crippen molar-refractivity contribution in [3.8, 4) is 11.8 Å². The summed E-state index contributed by atoms with van der Waals surface area (Å²) < 4.78 is 1.61. The van der Waals surface area contributed by atoms with Crippen LogP contribution in [0.3, 0.4) is 0 Å². The molecule has 0 spiro atoms. The monoisotopic (exact) mass is 259 g/mol. The van der Waals surface area contributed by atoms with Crippen LogP contribution < -0.4 is 0 Å². The molecule has 2 rings (SSSR count). The van der Waals surface area contributed by atoms with Gasteiger partial charge in [-0.05, 0) is 12.1 Å². The largest absolute Gasteiger partial charge is 0.221 e. The summed E-state index contributed by atoms with van der Waals surface area (Å²) in [5, 5.41) is 14.1. The molecule has 0 bridgehead atoms. The summed E-state index contributed by atoms with van der Waals surface area (Å²) >= 11 is 6.25. The van der Waals surface area contributed by atoms with Crippen molar-refractivity contribution in [2.24, 2.45) is 0 Å². The van der Waals surface area contributed by atoms with Crippen molar-refractivity contribution in [2.45, 2.75) is 26.2 Å². The Morgan fingerprint density at radius 1 is 1.22 bits per heavy atom. The Morgan fingerprint density at radius 3 is 2.28 bits per heavy atom. The Bertz CT molecular complexity index is 600. The Hall–Kier alpha value is -1.79. The standard InChI is InChI=1S/C14H14ClN3/c1-14(2,3)12-11(9-16)13(15)18(17-12)10-7-5-4-6-8-10/h4-8H,1-3H3. The zero-order valence-electron chi connectivity index (χ0n) is 10.6. The summed E-state index contributed by atoms with van der Waals surface area (Å²) in [5.74, 6) is 0. The Morgan fingerprint density at radius 2 is 1.83 bits per heavy atom. The van der Waals surface area contributed by atoms with Gasteiger partial charge in [0.1, 0.15) is 11.6 Å². The molecule has 2 aromatic rings. The van der Waals surface area contributed by atoms with Crippen molar-refractivity contribution in [1.82, 2.24) is 9.78 Å². The second kappa shape index (κ2) is 4.47. The smallest absolute Gasteiger partial charge is 0.150 e. The summed E-state index contributed by atoms with van der Waals surface area (Å²) in [6.45, 7) is 6.05. The number of benzene rings is 1. The van der Waals surface area contributed by atoms with Crippen LogP contribution in [0.4, 0.5) is 0 Å². The van der Waals surface area contributed by atoms with Gasteiger partial charge in [-0.1, -0.05) is 50.6 Å². The number of halogens is 1. The third-order valence-corrected chi connectivity index (χ3v) is 3.00. The first kappa shape index (κ1) is 12.7. The summed E-state index contributed by atoms with van der Waals surface area (Å²) in [5.41, 5.74) is 1.82. The van der Waals surface area contributed by atoms with Crippen LogP contribution in [0, 0.1) is 11.3 Å². The summed E-state index contributed by atoms with van der Waals surface area (Å²) in [4.78, 5) is 0. The van der Waals surface area contributed by atoms with Crippen LogP contribution in [-0.4, -0.2) is 9.78 Å². The van der Waals surface area contributed by atoms with Crippen molar-refractivity contribution in [1.29, 1.82) is 5.26 Å². The average molecular weight is 260 g/mol. The van der Waals surface area contributed by atoms with E-state index in [9.17, 15) is 5.26 Å². The maximum Gasteiger partial charge on any atom is 0.150 e. The van der Waals surface area contributed by atoms with E-state index in [2.05, 4.69) is 11.2 Å². The molecule has 0 amide bonds. The first-order chi connectivity index (χ1) is 8.45. The first-order valence-corrected chi connectivity index (χ1v) is 6.07. The minimum absolute atomic E-state index is 0.214. The van der Waals surface area contributed by atoms with Gasteiger partial charge in [0.25, 0.3) is 0 Å². The molecule has 0 radical (unpaired) electrons. The van der Waals surface area contributed by atoms with E-state index in [1.54, 1.807) is 4.68 Å². The van der Waals surface area contributed by atoms with Crippen molar-refractivity contribution < 1.29 is 0 Å². The number of aromatic nitrogens is 2. The Labute approximate surface area is 112 Å². The fraction of sp³-hybridized carbons (Fsp3) is 0.286. The number of nitrogens with zero attached hydrogens (tertiary/aromatic N) is 3. The van der Waals surface area contributed by atoms with Crippen LogP contribution >= 0.6 is 11.6 Å². The van der Waals surface area contributed by atoms with Gasteiger partial charge >= 0.3 is 0 Å². The van der Waals surface area contributed by atoms with Gasteiger partial charge in [0.2, 0.25) is 0 Å². The number of nitriles is 1. The molecular weight excluding hydrogens is 246 g/mol. The molecule has 4 heteroatoms. The fourth-order valence-corrected chi connectivity index (χ4v) is 2.03. The predicted molar refractivity (Wildman–Crippen MR) is 72.0 cm³/mol. The molecule has 18 heavy (non-hydrogen) atoms. The molecule has 1 aromatic carbocycles. The number of hydrogen-bond donors (Lipinski definition) is 0. The minimum Gasteiger partial charge on any atom is -0.221 e. The van der Waals surface area contributed by atoms with Gasteiger partial charge in [0, 0.05) is 5.41 Å². The quantitative estimate of drug-likeness (QED) is 0.784. The summed E-state index contributed by atoms with van der Waals surface area (Å²) in [6.07, 6.45) is 0. The van der Waals surface area contributed by atoms with E-state index < -0.39 is 0 Å². The highest BCUT2D eigenvalue weighted by Crippen LogP contribution is 2.30. The van der Waals surface area contributed by atoms with Crippen LogP contribution in [0.15, 0.2) is 30.3 Å². The van der Waals surface area contributed by atoms with Crippen molar-refractivity contribution in [2.75, 3.05) is 0 Å². The van der Waals surface area contributed by atoms with Crippen LogP contribution in [0.2, 0.25) is 5.15 Å². The third-order valence-electron chi connectivity index (χ3n) is 2.65. The van der Waals surface area contributed by atoms with E-state index in [0.29, 0.717) is 10.7 Å². The van der Waals surface area contributed by atoms with Crippen molar-refractivity contribution >= 4 is 11.6 Å². The molecule has 0 aliphatic carbocycles. The third kappa shape index (κ3) is 2.12. The van der Waals surface area contributed by atoms with Gasteiger partial charge < -0.3 is 0 Å².